The Kier molecular flexibility index (Phi) is 6.71. The molecule has 1 aromatic rings. The van der Waals surface area contributed by atoms with Gasteiger partial charge in [0.25, 0.3) is 5.69 Å². The molecular formula is C20H29N3O6. The van der Waals surface area contributed by atoms with E-state index in [2.05, 4.69) is 0 Å². The second kappa shape index (κ2) is 8.67. The summed E-state index contributed by atoms with van der Waals surface area (Å²) in [6, 6.07) is 4.23. The molecule has 160 valence electrons. The Morgan fingerprint density at radius 1 is 1.41 bits per heavy atom. The van der Waals surface area contributed by atoms with Crippen LogP contribution in [0.15, 0.2) is 18.2 Å². The van der Waals surface area contributed by atoms with Gasteiger partial charge in [0.1, 0.15) is 17.5 Å². The predicted molar refractivity (Wildman–Crippen MR) is 107 cm³/mol. The van der Waals surface area contributed by atoms with Gasteiger partial charge in [0.15, 0.2) is 0 Å². The average Bonchev–Trinajstić information content (AvgIpc) is 2.63. The van der Waals surface area contributed by atoms with Gasteiger partial charge in [-0.2, -0.15) is 0 Å². The molecule has 9 nitrogen and oxygen atoms in total. The summed E-state index contributed by atoms with van der Waals surface area (Å²) in [6.07, 6.45) is -0.892. The fraction of sp³-hybridized carbons (Fsp3) is 0.600. The molecule has 0 aromatic heterocycles. The van der Waals surface area contributed by atoms with Gasteiger partial charge in [-0.1, -0.05) is 6.92 Å². The van der Waals surface area contributed by atoms with E-state index in [9.17, 15) is 19.7 Å². The zero-order valence-electron chi connectivity index (χ0n) is 17.8. The molecule has 0 N–H and O–H groups in total. The van der Waals surface area contributed by atoms with Gasteiger partial charge in [-0.25, -0.2) is 4.79 Å². The molecule has 1 aromatic carbocycles. The summed E-state index contributed by atoms with van der Waals surface area (Å²) in [5.41, 5.74) is -0.262. The van der Waals surface area contributed by atoms with E-state index >= 15 is 0 Å². The molecule has 0 radical (unpaired) electrons. The highest BCUT2D eigenvalue weighted by Crippen LogP contribution is 2.29. The number of hydrogen-bond donors (Lipinski definition) is 0. The second-order valence-electron chi connectivity index (χ2n) is 8.49. The van der Waals surface area contributed by atoms with Gasteiger partial charge in [0.2, 0.25) is 5.91 Å². The number of ether oxygens (including phenoxy) is 2. The van der Waals surface area contributed by atoms with E-state index in [0.717, 1.165) is 0 Å². The first-order chi connectivity index (χ1) is 13.4. The Hall–Kier alpha value is -2.84. The molecule has 0 fully saturated rings. The van der Waals surface area contributed by atoms with Gasteiger partial charge < -0.3 is 19.3 Å². The van der Waals surface area contributed by atoms with Crippen molar-refractivity contribution in [1.29, 1.82) is 0 Å². The molecule has 2 atom stereocenters. The van der Waals surface area contributed by atoms with Crippen molar-refractivity contribution in [1.82, 2.24) is 9.80 Å². The van der Waals surface area contributed by atoms with Gasteiger partial charge in [0.05, 0.1) is 17.9 Å². The topological polar surface area (TPSA) is 102 Å². The maximum absolute atomic E-state index is 12.5. The molecule has 1 heterocycles. The number of benzene rings is 1. The summed E-state index contributed by atoms with van der Waals surface area (Å²) in [5.74, 6) is 0.173. The van der Waals surface area contributed by atoms with Crippen molar-refractivity contribution in [2.45, 2.75) is 45.8 Å². The zero-order valence-corrected chi connectivity index (χ0v) is 17.8. The van der Waals surface area contributed by atoms with Crippen molar-refractivity contribution in [3.63, 3.8) is 0 Å². The number of nitro benzene ring substituents is 1. The molecule has 1 aliphatic heterocycles. The van der Waals surface area contributed by atoms with Gasteiger partial charge in [-0.05, 0) is 26.8 Å². The predicted octanol–water partition coefficient (Wildman–Crippen LogP) is 2.86. The van der Waals surface area contributed by atoms with Crippen molar-refractivity contribution in [2.75, 3.05) is 27.2 Å². The van der Waals surface area contributed by atoms with Crippen LogP contribution in [0.25, 0.3) is 0 Å². The Bertz CT molecular complexity index is 789. The highest BCUT2D eigenvalue weighted by atomic mass is 16.6. The van der Waals surface area contributed by atoms with Crippen LogP contribution in [0.4, 0.5) is 10.5 Å². The van der Waals surface area contributed by atoms with Crippen molar-refractivity contribution in [2.24, 2.45) is 5.92 Å². The zero-order chi connectivity index (χ0) is 21.9. The molecule has 0 saturated carbocycles. The van der Waals surface area contributed by atoms with Crippen LogP contribution >= 0.6 is 0 Å². The number of amides is 2. The standard InChI is InChI=1S/C20H29N3O6/c1-13-11-21(5)18(24)10-14-9-15(23(26)27)7-8-16(14)28-17(13)12-22(6)19(25)29-20(2,3)4/h7-9,13,17H,10-12H2,1-6H3/t13-,17+/m1/s1. The van der Waals surface area contributed by atoms with Crippen LogP contribution in [0.3, 0.4) is 0 Å². The van der Waals surface area contributed by atoms with E-state index < -0.39 is 22.7 Å². The second-order valence-corrected chi connectivity index (χ2v) is 8.49. The van der Waals surface area contributed by atoms with Crippen LogP contribution in [0.5, 0.6) is 5.75 Å². The lowest BCUT2D eigenvalue weighted by Gasteiger charge is -2.31. The number of rotatable bonds is 3. The minimum Gasteiger partial charge on any atom is -0.488 e. The number of nitro groups is 1. The Morgan fingerprint density at radius 2 is 2.07 bits per heavy atom. The molecule has 9 heteroatoms. The van der Waals surface area contributed by atoms with Gasteiger partial charge in [0, 0.05) is 44.3 Å². The van der Waals surface area contributed by atoms with E-state index in [1.165, 1.54) is 23.1 Å². The number of nitrogens with zero attached hydrogens (tertiary/aromatic N) is 3. The number of carbonyl (C=O) groups excluding carboxylic acids is 2. The Morgan fingerprint density at radius 3 is 2.66 bits per heavy atom. The molecule has 2 rings (SSSR count). The van der Waals surface area contributed by atoms with E-state index in [4.69, 9.17) is 9.47 Å². The molecule has 29 heavy (non-hydrogen) atoms. The highest BCUT2D eigenvalue weighted by molar-refractivity contribution is 5.79. The van der Waals surface area contributed by atoms with E-state index in [1.807, 2.05) is 6.92 Å². The van der Waals surface area contributed by atoms with Crippen molar-refractivity contribution < 1.29 is 24.0 Å². The molecular weight excluding hydrogens is 378 g/mol. The first kappa shape index (κ1) is 22.4. The lowest BCUT2D eigenvalue weighted by Crippen LogP contribution is -2.45. The van der Waals surface area contributed by atoms with Crippen LogP contribution in [-0.4, -0.2) is 65.6 Å². The van der Waals surface area contributed by atoms with Gasteiger partial charge >= 0.3 is 6.09 Å². The number of non-ortho nitro benzene ring substituents is 1. The Balaban J connectivity index is 2.31. The Labute approximate surface area is 170 Å². The third-order valence-corrected chi connectivity index (χ3v) is 4.66. The van der Waals surface area contributed by atoms with Crippen LogP contribution in [0.1, 0.15) is 33.3 Å². The third-order valence-electron chi connectivity index (χ3n) is 4.66. The first-order valence-corrected chi connectivity index (χ1v) is 9.49. The quantitative estimate of drug-likeness (QED) is 0.564. The third kappa shape index (κ3) is 6.07. The lowest BCUT2D eigenvalue weighted by molar-refractivity contribution is -0.384. The smallest absolute Gasteiger partial charge is 0.410 e. The fourth-order valence-corrected chi connectivity index (χ4v) is 3.06. The van der Waals surface area contributed by atoms with Crippen molar-refractivity contribution in [3.8, 4) is 5.75 Å². The monoisotopic (exact) mass is 407 g/mol. The SMILES string of the molecule is C[C@@H]1CN(C)C(=O)Cc2cc([N+](=O)[O-])ccc2O[C@H]1CN(C)C(=O)OC(C)(C)C. The number of hydrogen-bond acceptors (Lipinski definition) is 6. The van der Waals surface area contributed by atoms with Crippen molar-refractivity contribution in [3.05, 3.63) is 33.9 Å². The minimum absolute atomic E-state index is 0.00879. The van der Waals surface area contributed by atoms with Gasteiger partial charge in [-0.15, -0.1) is 0 Å². The molecule has 0 saturated heterocycles. The summed E-state index contributed by atoms with van der Waals surface area (Å²) < 4.78 is 11.6. The normalized spacial score (nSPS) is 19.9. The van der Waals surface area contributed by atoms with Crippen LogP contribution in [0, 0.1) is 16.0 Å². The summed E-state index contributed by atoms with van der Waals surface area (Å²) in [5, 5.41) is 11.1. The highest BCUT2D eigenvalue weighted by Gasteiger charge is 2.30. The van der Waals surface area contributed by atoms with Crippen LogP contribution in [-0.2, 0) is 16.0 Å². The molecule has 0 spiro atoms. The molecule has 2 amide bonds. The fourth-order valence-electron chi connectivity index (χ4n) is 3.06. The lowest BCUT2D eigenvalue weighted by atomic mass is 10.0. The average molecular weight is 407 g/mol. The van der Waals surface area contributed by atoms with Crippen molar-refractivity contribution >= 4 is 17.7 Å². The summed E-state index contributed by atoms with van der Waals surface area (Å²) in [6.45, 7) is 7.99. The van der Waals surface area contributed by atoms with E-state index in [1.54, 1.807) is 39.8 Å². The first-order valence-electron chi connectivity index (χ1n) is 9.49. The molecule has 0 aliphatic carbocycles. The van der Waals surface area contributed by atoms with Crippen LogP contribution in [0.2, 0.25) is 0 Å². The molecule has 0 bridgehead atoms. The minimum atomic E-state index is -0.617. The molecule has 0 unspecified atom stereocenters. The summed E-state index contributed by atoms with van der Waals surface area (Å²) >= 11 is 0. The molecule has 1 aliphatic rings. The summed E-state index contributed by atoms with van der Waals surface area (Å²) in [7, 11) is 3.32. The number of fused-ring (bicyclic) bond motifs is 1. The number of carbonyl (C=O) groups is 2. The largest absolute Gasteiger partial charge is 0.488 e. The maximum Gasteiger partial charge on any atom is 0.410 e. The van der Waals surface area contributed by atoms with E-state index in [0.29, 0.717) is 17.9 Å². The summed E-state index contributed by atoms with van der Waals surface area (Å²) in [4.78, 5) is 38.5. The van der Waals surface area contributed by atoms with E-state index in [-0.39, 0.29) is 30.5 Å². The maximum atomic E-state index is 12.5. The van der Waals surface area contributed by atoms with Gasteiger partial charge in [-0.3, -0.25) is 14.9 Å². The number of likely N-dealkylation sites (N-methyl/N-ethyl adjacent to an activating group) is 2. The van der Waals surface area contributed by atoms with Crippen LogP contribution < -0.4 is 4.74 Å².